The Kier molecular flexibility index (Phi) is 3.35. The normalized spacial score (nSPS) is 14.2. The molecule has 104 valence electrons. The first-order valence-corrected chi connectivity index (χ1v) is 6.93. The van der Waals surface area contributed by atoms with Crippen LogP contribution in [0.1, 0.15) is 40.9 Å². The molecular formula is C13H15N5OS. The SMILES string of the molecule is Cc1cccc(C(=O)NCc2n[nH]c(=S)n2C2CC2)n1. The molecule has 0 aromatic carbocycles. The Hall–Kier alpha value is -2.02. The van der Waals surface area contributed by atoms with Crippen molar-refractivity contribution in [3.8, 4) is 0 Å². The van der Waals surface area contributed by atoms with Crippen molar-refractivity contribution in [2.45, 2.75) is 32.4 Å². The first kappa shape index (κ1) is 13.0. The van der Waals surface area contributed by atoms with E-state index in [-0.39, 0.29) is 5.91 Å². The fourth-order valence-electron chi connectivity index (χ4n) is 2.09. The van der Waals surface area contributed by atoms with Crippen LogP contribution in [0.4, 0.5) is 0 Å². The van der Waals surface area contributed by atoms with Crippen LogP contribution in [-0.4, -0.2) is 25.7 Å². The number of pyridine rings is 1. The topological polar surface area (TPSA) is 75.6 Å². The zero-order valence-electron chi connectivity index (χ0n) is 11.1. The Bertz CT molecular complexity index is 701. The molecule has 7 heteroatoms. The van der Waals surface area contributed by atoms with Gasteiger partial charge in [0.1, 0.15) is 5.69 Å². The van der Waals surface area contributed by atoms with E-state index in [2.05, 4.69) is 20.5 Å². The van der Waals surface area contributed by atoms with Crippen LogP contribution in [0, 0.1) is 11.7 Å². The van der Waals surface area contributed by atoms with E-state index in [1.54, 1.807) is 6.07 Å². The second-order valence-corrected chi connectivity index (χ2v) is 5.28. The summed E-state index contributed by atoms with van der Waals surface area (Å²) in [6.07, 6.45) is 2.24. The van der Waals surface area contributed by atoms with Crippen molar-refractivity contribution in [1.82, 2.24) is 25.1 Å². The van der Waals surface area contributed by atoms with Gasteiger partial charge in [0.2, 0.25) is 0 Å². The molecule has 2 heterocycles. The van der Waals surface area contributed by atoms with Crippen molar-refractivity contribution in [2.24, 2.45) is 0 Å². The van der Waals surface area contributed by atoms with Crippen LogP contribution in [0.5, 0.6) is 0 Å². The fourth-order valence-corrected chi connectivity index (χ4v) is 2.39. The molecule has 2 aromatic heterocycles. The number of H-pyrrole nitrogens is 1. The third-order valence-electron chi connectivity index (χ3n) is 3.22. The van der Waals surface area contributed by atoms with Gasteiger partial charge in [-0.25, -0.2) is 4.98 Å². The lowest BCUT2D eigenvalue weighted by molar-refractivity contribution is 0.0944. The van der Waals surface area contributed by atoms with Crippen LogP contribution >= 0.6 is 12.2 Å². The number of aromatic amines is 1. The molecular weight excluding hydrogens is 274 g/mol. The Balaban J connectivity index is 1.71. The van der Waals surface area contributed by atoms with Gasteiger partial charge in [-0.2, -0.15) is 5.10 Å². The Morgan fingerprint density at radius 1 is 1.55 bits per heavy atom. The van der Waals surface area contributed by atoms with Crippen LogP contribution in [0.3, 0.4) is 0 Å². The molecule has 3 rings (SSSR count). The second-order valence-electron chi connectivity index (χ2n) is 4.89. The first-order chi connectivity index (χ1) is 9.65. The number of aryl methyl sites for hydroxylation is 1. The summed E-state index contributed by atoms with van der Waals surface area (Å²) in [4.78, 5) is 16.2. The lowest BCUT2D eigenvalue weighted by Crippen LogP contribution is -2.25. The van der Waals surface area contributed by atoms with Gasteiger partial charge < -0.3 is 5.32 Å². The smallest absolute Gasteiger partial charge is 0.270 e. The largest absolute Gasteiger partial charge is 0.343 e. The summed E-state index contributed by atoms with van der Waals surface area (Å²) in [5.74, 6) is 0.559. The van der Waals surface area contributed by atoms with Gasteiger partial charge in [0.25, 0.3) is 5.91 Å². The van der Waals surface area contributed by atoms with Crippen LogP contribution in [0.25, 0.3) is 0 Å². The Morgan fingerprint density at radius 2 is 2.35 bits per heavy atom. The molecule has 0 saturated heterocycles. The third-order valence-corrected chi connectivity index (χ3v) is 3.51. The zero-order valence-corrected chi connectivity index (χ0v) is 11.9. The highest BCUT2D eigenvalue weighted by atomic mass is 32.1. The summed E-state index contributed by atoms with van der Waals surface area (Å²) in [5.41, 5.74) is 1.23. The zero-order chi connectivity index (χ0) is 14.1. The third kappa shape index (κ3) is 2.62. The highest BCUT2D eigenvalue weighted by Gasteiger charge is 2.27. The van der Waals surface area contributed by atoms with Crippen molar-refractivity contribution in [3.05, 3.63) is 40.2 Å². The van der Waals surface area contributed by atoms with Gasteiger partial charge in [0.15, 0.2) is 10.6 Å². The highest BCUT2D eigenvalue weighted by molar-refractivity contribution is 7.71. The van der Waals surface area contributed by atoms with E-state index in [1.165, 1.54) is 0 Å². The lowest BCUT2D eigenvalue weighted by atomic mass is 10.3. The van der Waals surface area contributed by atoms with Crippen molar-refractivity contribution >= 4 is 18.1 Å². The molecule has 1 fully saturated rings. The first-order valence-electron chi connectivity index (χ1n) is 6.53. The minimum atomic E-state index is -0.204. The average molecular weight is 289 g/mol. The summed E-state index contributed by atoms with van der Waals surface area (Å²) in [6.45, 7) is 2.20. The summed E-state index contributed by atoms with van der Waals surface area (Å²) < 4.78 is 2.60. The van der Waals surface area contributed by atoms with Gasteiger partial charge in [-0.15, -0.1) is 0 Å². The standard InChI is InChI=1S/C13H15N5OS/c1-8-3-2-4-10(15-8)12(19)14-7-11-16-17-13(20)18(11)9-5-6-9/h2-4,9H,5-7H2,1H3,(H,14,19)(H,17,20). The summed E-state index contributed by atoms with van der Waals surface area (Å²) >= 11 is 5.20. The van der Waals surface area contributed by atoms with E-state index in [4.69, 9.17) is 12.2 Å². The predicted molar refractivity (Wildman–Crippen MR) is 75.8 cm³/mol. The monoisotopic (exact) mass is 289 g/mol. The lowest BCUT2D eigenvalue weighted by Gasteiger charge is -2.06. The van der Waals surface area contributed by atoms with E-state index in [0.29, 0.717) is 23.1 Å². The molecule has 0 unspecified atom stereocenters. The van der Waals surface area contributed by atoms with Crippen LogP contribution < -0.4 is 5.32 Å². The Labute approximate surface area is 121 Å². The molecule has 0 spiro atoms. The molecule has 1 saturated carbocycles. The quantitative estimate of drug-likeness (QED) is 0.843. The van der Waals surface area contributed by atoms with Gasteiger partial charge in [-0.05, 0) is 44.1 Å². The number of nitrogens with zero attached hydrogens (tertiary/aromatic N) is 3. The van der Waals surface area contributed by atoms with Gasteiger partial charge in [0.05, 0.1) is 6.54 Å². The highest BCUT2D eigenvalue weighted by Crippen LogP contribution is 2.35. The van der Waals surface area contributed by atoms with E-state index in [1.807, 2.05) is 23.6 Å². The summed E-state index contributed by atoms with van der Waals surface area (Å²) in [7, 11) is 0. The predicted octanol–water partition coefficient (Wildman–Crippen LogP) is 1.91. The second kappa shape index (κ2) is 5.16. The number of amides is 1. The summed E-state index contributed by atoms with van der Waals surface area (Å²) in [6, 6.07) is 5.80. The molecule has 0 aliphatic heterocycles. The van der Waals surface area contributed by atoms with Crippen LogP contribution in [-0.2, 0) is 6.54 Å². The molecule has 0 bridgehead atoms. The van der Waals surface area contributed by atoms with Gasteiger partial charge >= 0.3 is 0 Å². The molecule has 1 amide bonds. The van der Waals surface area contributed by atoms with Crippen molar-refractivity contribution < 1.29 is 4.79 Å². The number of carbonyl (C=O) groups is 1. The van der Waals surface area contributed by atoms with E-state index >= 15 is 0 Å². The van der Waals surface area contributed by atoms with E-state index in [9.17, 15) is 4.79 Å². The van der Waals surface area contributed by atoms with E-state index in [0.717, 1.165) is 24.4 Å². The van der Waals surface area contributed by atoms with Gasteiger partial charge in [-0.1, -0.05) is 6.07 Å². The summed E-state index contributed by atoms with van der Waals surface area (Å²) in [5, 5.41) is 9.78. The van der Waals surface area contributed by atoms with E-state index < -0.39 is 0 Å². The maximum absolute atomic E-state index is 12.0. The molecule has 1 aliphatic rings. The van der Waals surface area contributed by atoms with Crippen molar-refractivity contribution in [2.75, 3.05) is 0 Å². The maximum atomic E-state index is 12.0. The van der Waals surface area contributed by atoms with Crippen molar-refractivity contribution in [1.29, 1.82) is 0 Å². The van der Waals surface area contributed by atoms with Crippen molar-refractivity contribution in [3.63, 3.8) is 0 Å². The molecule has 6 nitrogen and oxygen atoms in total. The minimum Gasteiger partial charge on any atom is -0.343 e. The molecule has 0 radical (unpaired) electrons. The number of carbonyl (C=O) groups excluding carboxylic acids is 1. The Morgan fingerprint density at radius 3 is 3.05 bits per heavy atom. The minimum absolute atomic E-state index is 0.204. The van der Waals surface area contributed by atoms with Gasteiger partial charge in [0, 0.05) is 11.7 Å². The maximum Gasteiger partial charge on any atom is 0.270 e. The van der Waals surface area contributed by atoms with Gasteiger partial charge in [-0.3, -0.25) is 14.5 Å². The molecule has 2 N–H and O–H groups in total. The molecule has 20 heavy (non-hydrogen) atoms. The molecule has 0 atom stereocenters. The molecule has 1 aliphatic carbocycles. The molecule has 2 aromatic rings. The number of hydrogen-bond acceptors (Lipinski definition) is 4. The number of aromatic nitrogens is 4. The number of rotatable bonds is 4. The average Bonchev–Trinajstić information content (AvgIpc) is 3.20. The fraction of sp³-hybridized carbons (Fsp3) is 0.385. The number of nitrogens with one attached hydrogen (secondary N) is 2. The van der Waals surface area contributed by atoms with Crippen LogP contribution in [0.2, 0.25) is 0 Å². The van der Waals surface area contributed by atoms with Crippen LogP contribution in [0.15, 0.2) is 18.2 Å². The number of hydrogen-bond donors (Lipinski definition) is 2.